The van der Waals surface area contributed by atoms with E-state index in [0.29, 0.717) is 17.9 Å². The molecular formula is C29H35ClN2O. The van der Waals surface area contributed by atoms with Crippen LogP contribution in [0.25, 0.3) is 5.57 Å². The summed E-state index contributed by atoms with van der Waals surface area (Å²) in [5.41, 5.74) is 12.3. The highest BCUT2D eigenvalue weighted by Gasteiger charge is 2.32. The maximum absolute atomic E-state index is 6.64. The number of hydrogen-bond donors (Lipinski definition) is 1. The van der Waals surface area contributed by atoms with Gasteiger partial charge in [0, 0.05) is 29.9 Å². The van der Waals surface area contributed by atoms with Crippen LogP contribution < -0.4 is 10.5 Å². The Morgan fingerprint density at radius 3 is 2.70 bits per heavy atom. The molecule has 1 aliphatic heterocycles. The van der Waals surface area contributed by atoms with E-state index in [0.717, 1.165) is 43.2 Å². The Labute approximate surface area is 203 Å². The van der Waals surface area contributed by atoms with Crippen molar-refractivity contribution in [3.05, 3.63) is 82.0 Å². The van der Waals surface area contributed by atoms with E-state index in [1.165, 1.54) is 53.5 Å². The Bertz CT molecular complexity index is 1050. The average Bonchev–Trinajstić information content (AvgIpc) is 3.74. The van der Waals surface area contributed by atoms with Crippen molar-refractivity contribution in [1.82, 2.24) is 4.90 Å². The van der Waals surface area contributed by atoms with Crippen molar-refractivity contribution in [2.24, 2.45) is 11.7 Å². The Balaban J connectivity index is 1.36. The zero-order valence-corrected chi connectivity index (χ0v) is 20.4. The lowest BCUT2D eigenvalue weighted by molar-refractivity contribution is 0.302. The molecule has 2 N–H and O–H groups in total. The fourth-order valence-electron chi connectivity index (χ4n) is 4.73. The van der Waals surface area contributed by atoms with Gasteiger partial charge in [-0.1, -0.05) is 54.9 Å². The van der Waals surface area contributed by atoms with Crippen molar-refractivity contribution in [2.75, 3.05) is 13.1 Å². The molecule has 3 aliphatic rings. The fraction of sp³-hybridized carbons (Fsp3) is 0.448. The van der Waals surface area contributed by atoms with Gasteiger partial charge in [0.25, 0.3) is 0 Å². The van der Waals surface area contributed by atoms with E-state index in [4.69, 9.17) is 22.1 Å². The van der Waals surface area contributed by atoms with Crippen LogP contribution in [0.2, 0.25) is 5.02 Å². The maximum Gasteiger partial charge on any atom is 0.127 e. The molecule has 5 rings (SSSR count). The van der Waals surface area contributed by atoms with E-state index in [9.17, 15) is 0 Å². The summed E-state index contributed by atoms with van der Waals surface area (Å²) in [6, 6.07) is 15.1. The monoisotopic (exact) mass is 462 g/mol. The second-order valence-electron chi connectivity index (χ2n) is 9.90. The van der Waals surface area contributed by atoms with E-state index in [1.54, 1.807) is 0 Å². The second kappa shape index (κ2) is 9.95. The Morgan fingerprint density at radius 1 is 1.12 bits per heavy atom. The zero-order chi connectivity index (χ0) is 22.8. The largest absolute Gasteiger partial charge is 0.490 e. The molecule has 2 saturated carbocycles. The molecule has 33 heavy (non-hydrogen) atoms. The number of benzene rings is 2. The van der Waals surface area contributed by atoms with Crippen molar-refractivity contribution in [3.63, 3.8) is 0 Å². The van der Waals surface area contributed by atoms with Crippen LogP contribution in [-0.4, -0.2) is 24.1 Å². The van der Waals surface area contributed by atoms with Crippen LogP contribution in [0, 0.1) is 5.92 Å². The highest BCUT2D eigenvalue weighted by molar-refractivity contribution is 6.31. The molecule has 0 unspecified atom stereocenters. The minimum atomic E-state index is 0.404. The summed E-state index contributed by atoms with van der Waals surface area (Å²) < 4.78 is 6.25. The van der Waals surface area contributed by atoms with Gasteiger partial charge in [-0.05, 0) is 91.3 Å². The van der Waals surface area contributed by atoms with Crippen LogP contribution in [-0.2, 0) is 6.54 Å². The fourth-order valence-corrected chi connectivity index (χ4v) is 4.91. The van der Waals surface area contributed by atoms with Crippen LogP contribution in [0.5, 0.6) is 5.75 Å². The van der Waals surface area contributed by atoms with E-state index in [1.807, 2.05) is 0 Å². The number of allylic oxidation sites excluding steroid dienone is 2. The van der Waals surface area contributed by atoms with Crippen molar-refractivity contribution >= 4 is 17.2 Å². The summed E-state index contributed by atoms with van der Waals surface area (Å²) in [6.45, 7) is 4.74. The smallest absolute Gasteiger partial charge is 0.127 e. The summed E-state index contributed by atoms with van der Waals surface area (Å²) in [6.07, 6.45) is 12.3. The van der Waals surface area contributed by atoms with Crippen molar-refractivity contribution in [2.45, 2.75) is 64.0 Å². The molecule has 2 aromatic rings. The third kappa shape index (κ3) is 5.47. The number of ether oxygens (including phenoxy) is 1. The van der Waals surface area contributed by atoms with Crippen molar-refractivity contribution in [1.29, 1.82) is 0 Å². The first kappa shape index (κ1) is 22.6. The number of hydrogen-bond acceptors (Lipinski definition) is 3. The molecule has 0 saturated heterocycles. The molecule has 3 nitrogen and oxygen atoms in total. The lowest BCUT2D eigenvalue weighted by Gasteiger charge is -2.28. The van der Waals surface area contributed by atoms with E-state index < -0.39 is 0 Å². The molecule has 2 aliphatic carbocycles. The molecule has 1 atom stereocenters. The molecule has 0 radical (unpaired) electrons. The van der Waals surface area contributed by atoms with Crippen LogP contribution in [0.4, 0.5) is 0 Å². The molecule has 4 heteroatoms. The van der Waals surface area contributed by atoms with Gasteiger partial charge in [0.15, 0.2) is 0 Å². The van der Waals surface area contributed by atoms with Gasteiger partial charge in [-0.2, -0.15) is 0 Å². The number of nitrogens with two attached hydrogens (primary N) is 1. The molecular weight excluding hydrogens is 428 g/mol. The van der Waals surface area contributed by atoms with Crippen LogP contribution in [0.3, 0.4) is 0 Å². The summed E-state index contributed by atoms with van der Waals surface area (Å²) >= 11 is 6.64. The van der Waals surface area contributed by atoms with Crippen molar-refractivity contribution < 1.29 is 4.74 Å². The number of rotatable bonds is 10. The predicted molar refractivity (Wildman–Crippen MR) is 137 cm³/mol. The Morgan fingerprint density at radius 2 is 1.94 bits per heavy atom. The normalized spacial score (nSPS) is 19.2. The Kier molecular flexibility index (Phi) is 6.80. The van der Waals surface area contributed by atoms with Gasteiger partial charge < -0.3 is 15.4 Å². The van der Waals surface area contributed by atoms with Gasteiger partial charge >= 0.3 is 0 Å². The molecule has 174 valence electrons. The standard InChI is InChI=1S/C29H35ClN2O/c1-20(5-4-15-31)22-10-13-28(30)23(17-22)18-32-16-14-25(27(19-32)21-8-9-21)26-6-2-3-7-29(26)33-24-11-12-24/h2-3,6-7,10,13-14,17,19-21,24H,4-5,8-9,11-12,15-16,18,31H2,1H3/t20-/m0/s1. The topological polar surface area (TPSA) is 38.5 Å². The lowest BCUT2D eigenvalue weighted by atomic mass is 9.91. The van der Waals surface area contributed by atoms with Crippen LogP contribution in [0.15, 0.2) is 60.3 Å². The minimum Gasteiger partial charge on any atom is -0.490 e. The molecule has 0 amide bonds. The average molecular weight is 463 g/mol. The van der Waals surface area contributed by atoms with E-state index in [-0.39, 0.29) is 0 Å². The second-order valence-corrected chi connectivity index (χ2v) is 10.3. The first-order valence-corrected chi connectivity index (χ1v) is 12.9. The van der Waals surface area contributed by atoms with E-state index >= 15 is 0 Å². The molecule has 1 heterocycles. The van der Waals surface area contributed by atoms with Crippen molar-refractivity contribution in [3.8, 4) is 5.75 Å². The minimum absolute atomic E-state index is 0.404. The highest BCUT2D eigenvalue weighted by atomic mass is 35.5. The number of halogens is 1. The molecule has 2 aromatic carbocycles. The zero-order valence-electron chi connectivity index (χ0n) is 19.6. The molecule has 0 aromatic heterocycles. The highest BCUT2D eigenvalue weighted by Crippen LogP contribution is 2.47. The van der Waals surface area contributed by atoms with Gasteiger partial charge in [0.2, 0.25) is 0 Å². The SMILES string of the molecule is C[C@@H](CCCN)c1ccc(Cl)c(CN2C=C(C3CC3)C(c3ccccc3OC3CC3)=CC2)c1. The van der Waals surface area contributed by atoms with Gasteiger partial charge in [-0.25, -0.2) is 0 Å². The first-order chi connectivity index (χ1) is 16.1. The quantitative estimate of drug-likeness (QED) is 0.416. The van der Waals surface area contributed by atoms with Crippen LogP contribution >= 0.6 is 11.6 Å². The summed E-state index contributed by atoms with van der Waals surface area (Å²) in [7, 11) is 0. The van der Waals surface area contributed by atoms with Gasteiger partial charge in [-0.15, -0.1) is 0 Å². The predicted octanol–water partition coefficient (Wildman–Crippen LogP) is 6.92. The molecule has 0 bridgehead atoms. The third-order valence-electron chi connectivity index (χ3n) is 7.03. The maximum atomic E-state index is 6.64. The van der Waals surface area contributed by atoms with Gasteiger partial charge in [0.05, 0.1) is 6.10 Å². The summed E-state index contributed by atoms with van der Waals surface area (Å²) in [5.74, 6) is 2.19. The number of nitrogens with zero attached hydrogens (tertiary/aromatic N) is 1. The number of para-hydroxylation sites is 1. The lowest BCUT2D eigenvalue weighted by Crippen LogP contribution is -2.22. The van der Waals surface area contributed by atoms with E-state index in [2.05, 4.69) is 66.6 Å². The molecule has 0 spiro atoms. The first-order valence-electron chi connectivity index (χ1n) is 12.5. The van der Waals surface area contributed by atoms with Gasteiger partial charge in [-0.3, -0.25) is 0 Å². The summed E-state index contributed by atoms with van der Waals surface area (Å²) in [4.78, 5) is 2.41. The molecule has 2 fully saturated rings. The van der Waals surface area contributed by atoms with Gasteiger partial charge in [0.1, 0.15) is 5.75 Å². The summed E-state index contributed by atoms with van der Waals surface area (Å²) in [5, 5.41) is 0.851. The third-order valence-corrected chi connectivity index (χ3v) is 7.40. The van der Waals surface area contributed by atoms with Crippen LogP contribution in [0.1, 0.15) is 68.1 Å². The Hall–Kier alpha value is -2.23.